The Hall–Kier alpha value is -0.640. The first kappa shape index (κ1) is 16.7. The average molecular weight is 313 g/mol. The summed E-state index contributed by atoms with van der Waals surface area (Å²) >= 11 is 6.21. The molecule has 118 valence electrons. The van der Waals surface area contributed by atoms with Crippen molar-refractivity contribution >= 4 is 11.6 Å². The van der Waals surface area contributed by atoms with Crippen molar-refractivity contribution in [1.29, 1.82) is 0 Å². The first-order valence-corrected chi connectivity index (χ1v) is 8.16. The minimum absolute atomic E-state index is 0.157. The molecule has 1 aliphatic carbocycles. The molecule has 1 fully saturated rings. The minimum atomic E-state index is -0.273. The number of benzene rings is 1. The topological polar surface area (TPSA) is 15.3 Å². The number of hydrogen-bond acceptors (Lipinski definition) is 2. The summed E-state index contributed by atoms with van der Waals surface area (Å²) < 4.78 is 13.2. The van der Waals surface area contributed by atoms with E-state index in [4.69, 9.17) is 11.6 Å². The average Bonchev–Trinajstić information content (AvgIpc) is 2.47. The molecule has 2 rings (SSSR count). The molecule has 0 aromatic heterocycles. The SMILES string of the molecule is CNC(Cc1ccc(F)cc1Cl)C1(N(C)C)CCCCC1. The van der Waals surface area contributed by atoms with Crippen LogP contribution in [0.5, 0.6) is 0 Å². The Bertz CT molecular complexity index is 470. The van der Waals surface area contributed by atoms with Crippen LogP contribution in [0, 0.1) is 5.82 Å². The zero-order valence-corrected chi connectivity index (χ0v) is 14.0. The van der Waals surface area contributed by atoms with Crippen molar-refractivity contribution in [3.63, 3.8) is 0 Å². The Balaban J connectivity index is 2.24. The van der Waals surface area contributed by atoms with E-state index < -0.39 is 0 Å². The van der Waals surface area contributed by atoms with Crippen molar-refractivity contribution < 1.29 is 4.39 Å². The fourth-order valence-corrected chi connectivity index (χ4v) is 3.98. The van der Waals surface area contributed by atoms with E-state index in [2.05, 4.69) is 24.3 Å². The van der Waals surface area contributed by atoms with Gasteiger partial charge in [-0.15, -0.1) is 0 Å². The quantitative estimate of drug-likeness (QED) is 0.888. The second-order valence-corrected chi connectivity index (χ2v) is 6.75. The van der Waals surface area contributed by atoms with Gasteiger partial charge in [0.25, 0.3) is 0 Å². The van der Waals surface area contributed by atoms with E-state index in [0.29, 0.717) is 11.1 Å². The maximum absolute atomic E-state index is 13.2. The predicted octanol–water partition coefficient (Wildman–Crippen LogP) is 3.87. The number of nitrogens with one attached hydrogen (secondary N) is 1. The molecule has 1 unspecified atom stereocenters. The van der Waals surface area contributed by atoms with Crippen LogP contribution in [0.25, 0.3) is 0 Å². The van der Waals surface area contributed by atoms with Crippen LogP contribution in [-0.2, 0) is 6.42 Å². The highest BCUT2D eigenvalue weighted by atomic mass is 35.5. The number of nitrogens with zero attached hydrogens (tertiary/aromatic N) is 1. The van der Waals surface area contributed by atoms with Gasteiger partial charge in [0.1, 0.15) is 5.82 Å². The molecule has 0 aliphatic heterocycles. The fourth-order valence-electron chi connectivity index (χ4n) is 3.74. The fraction of sp³-hybridized carbons (Fsp3) is 0.647. The maximum atomic E-state index is 13.2. The summed E-state index contributed by atoms with van der Waals surface area (Å²) in [6.07, 6.45) is 7.09. The van der Waals surface area contributed by atoms with Crippen LogP contribution in [0.2, 0.25) is 5.02 Å². The summed E-state index contributed by atoms with van der Waals surface area (Å²) in [4.78, 5) is 2.37. The lowest BCUT2D eigenvalue weighted by Crippen LogP contribution is -2.60. The monoisotopic (exact) mass is 312 g/mol. The Morgan fingerprint density at radius 2 is 1.95 bits per heavy atom. The molecule has 1 saturated carbocycles. The van der Waals surface area contributed by atoms with Crippen LogP contribution in [0.1, 0.15) is 37.7 Å². The third kappa shape index (κ3) is 3.58. The number of likely N-dealkylation sites (N-methyl/N-ethyl adjacent to an activating group) is 2. The number of rotatable bonds is 5. The lowest BCUT2D eigenvalue weighted by atomic mass is 9.73. The number of halogens is 2. The molecule has 1 N–H and O–H groups in total. The van der Waals surface area contributed by atoms with Crippen LogP contribution in [0.15, 0.2) is 18.2 Å². The molecule has 4 heteroatoms. The number of hydrogen-bond donors (Lipinski definition) is 1. The first-order valence-electron chi connectivity index (χ1n) is 7.78. The van der Waals surface area contributed by atoms with Crippen molar-refractivity contribution in [3.8, 4) is 0 Å². The molecule has 1 aromatic rings. The van der Waals surface area contributed by atoms with Crippen LogP contribution < -0.4 is 5.32 Å². The second kappa shape index (κ2) is 7.08. The van der Waals surface area contributed by atoms with Gasteiger partial charge in [0.05, 0.1) is 0 Å². The van der Waals surface area contributed by atoms with Crippen molar-refractivity contribution in [2.45, 2.75) is 50.1 Å². The van der Waals surface area contributed by atoms with Crippen LogP contribution >= 0.6 is 11.6 Å². The highest BCUT2D eigenvalue weighted by Gasteiger charge is 2.41. The minimum Gasteiger partial charge on any atom is -0.315 e. The van der Waals surface area contributed by atoms with Gasteiger partial charge in [-0.05, 0) is 58.1 Å². The lowest BCUT2D eigenvalue weighted by Gasteiger charge is -2.48. The third-order valence-corrected chi connectivity index (χ3v) is 5.40. The van der Waals surface area contributed by atoms with Gasteiger partial charge < -0.3 is 10.2 Å². The zero-order chi connectivity index (χ0) is 15.5. The molecule has 1 aromatic carbocycles. The van der Waals surface area contributed by atoms with E-state index in [1.807, 2.05) is 13.1 Å². The summed E-state index contributed by atoms with van der Waals surface area (Å²) in [5, 5.41) is 4.02. The molecular weight excluding hydrogens is 287 g/mol. The predicted molar refractivity (Wildman–Crippen MR) is 87.5 cm³/mol. The Labute approximate surface area is 132 Å². The molecule has 0 radical (unpaired) electrons. The standard InChI is InChI=1S/C17H26ClFN2/c1-20-16(11-13-7-8-14(19)12-15(13)18)17(21(2)3)9-5-4-6-10-17/h7-8,12,16,20H,4-6,9-11H2,1-3H3. The van der Waals surface area contributed by atoms with E-state index in [0.717, 1.165) is 12.0 Å². The van der Waals surface area contributed by atoms with E-state index in [1.165, 1.54) is 44.2 Å². The van der Waals surface area contributed by atoms with Gasteiger partial charge in [-0.1, -0.05) is 36.9 Å². The van der Waals surface area contributed by atoms with Gasteiger partial charge in [0.15, 0.2) is 0 Å². The van der Waals surface area contributed by atoms with Crippen molar-refractivity contribution in [3.05, 3.63) is 34.6 Å². The van der Waals surface area contributed by atoms with Gasteiger partial charge >= 0.3 is 0 Å². The Morgan fingerprint density at radius 1 is 1.29 bits per heavy atom. The first-order chi connectivity index (χ1) is 9.99. The maximum Gasteiger partial charge on any atom is 0.124 e. The second-order valence-electron chi connectivity index (χ2n) is 6.34. The van der Waals surface area contributed by atoms with Crippen LogP contribution in [0.4, 0.5) is 4.39 Å². The molecule has 0 heterocycles. The normalized spacial score (nSPS) is 19.7. The highest BCUT2D eigenvalue weighted by molar-refractivity contribution is 6.31. The van der Waals surface area contributed by atoms with E-state index in [-0.39, 0.29) is 11.4 Å². The summed E-state index contributed by atoms with van der Waals surface area (Å²) in [6, 6.07) is 5.04. The Kier molecular flexibility index (Phi) is 5.64. The van der Waals surface area contributed by atoms with Gasteiger partial charge in [-0.2, -0.15) is 0 Å². The Morgan fingerprint density at radius 3 is 2.48 bits per heavy atom. The molecule has 1 atom stereocenters. The van der Waals surface area contributed by atoms with E-state index in [1.54, 1.807) is 0 Å². The molecule has 0 bridgehead atoms. The van der Waals surface area contributed by atoms with E-state index >= 15 is 0 Å². The van der Waals surface area contributed by atoms with Gasteiger partial charge in [-0.3, -0.25) is 0 Å². The molecule has 0 spiro atoms. The summed E-state index contributed by atoms with van der Waals surface area (Å²) in [6.45, 7) is 0. The smallest absolute Gasteiger partial charge is 0.124 e. The van der Waals surface area contributed by atoms with Gasteiger partial charge in [0.2, 0.25) is 0 Å². The van der Waals surface area contributed by atoms with Crippen molar-refractivity contribution in [2.75, 3.05) is 21.1 Å². The summed E-state index contributed by atoms with van der Waals surface area (Å²) in [5.74, 6) is -0.273. The van der Waals surface area contributed by atoms with Crippen molar-refractivity contribution in [2.24, 2.45) is 0 Å². The lowest BCUT2D eigenvalue weighted by molar-refractivity contribution is 0.0598. The molecule has 2 nitrogen and oxygen atoms in total. The van der Waals surface area contributed by atoms with Crippen LogP contribution in [0.3, 0.4) is 0 Å². The molecular formula is C17H26ClFN2. The van der Waals surface area contributed by atoms with Crippen LogP contribution in [-0.4, -0.2) is 37.6 Å². The van der Waals surface area contributed by atoms with Crippen molar-refractivity contribution in [1.82, 2.24) is 10.2 Å². The van der Waals surface area contributed by atoms with E-state index in [9.17, 15) is 4.39 Å². The van der Waals surface area contributed by atoms with Gasteiger partial charge in [-0.25, -0.2) is 4.39 Å². The highest BCUT2D eigenvalue weighted by Crippen LogP contribution is 2.36. The summed E-state index contributed by atoms with van der Waals surface area (Å²) in [5.41, 5.74) is 1.18. The zero-order valence-electron chi connectivity index (χ0n) is 13.3. The molecule has 21 heavy (non-hydrogen) atoms. The molecule has 0 amide bonds. The largest absolute Gasteiger partial charge is 0.315 e. The summed E-state index contributed by atoms with van der Waals surface area (Å²) in [7, 11) is 6.35. The third-order valence-electron chi connectivity index (χ3n) is 5.05. The molecule has 0 saturated heterocycles. The van der Waals surface area contributed by atoms with Gasteiger partial charge in [0, 0.05) is 16.6 Å². The molecule has 1 aliphatic rings.